The summed E-state index contributed by atoms with van der Waals surface area (Å²) in [7, 11) is 0. The van der Waals surface area contributed by atoms with Crippen LogP contribution in [-0.4, -0.2) is 39.1 Å². The van der Waals surface area contributed by atoms with Crippen LogP contribution in [0.25, 0.3) is 11.0 Å². The summed E-state index contributed by atoms with van der Waals surface area (Å²) in [6.45, 7) is 1.03. The molecule has 6 nitrogen and oxygen atoms in total. The number of anilines is 1. The van der Waals surface area contributed by atoms with Crippen molar-refractivity contribution in [2.24, 2.45) is 5.92 Å². The number of carbonyl (C=O) groups is 1. The van der Waals surface area contributed by atoms with Crippen LogP contribution in [0.5, 0.6) is 0 Å². The van der Waals surface area contributed by atoms with Crippen molar-refractivity contribution < 1.29 is 9.90 Å². The molecule has 0 unspecified atom stereocenters. The van der Waals surface area contributed by atoms with Gasteiger partial charge < -0.3 is 10.0 Å². The van der Waals surface area contributed by atoms with E-state index in [1.165, 1.54) is 0 Å². The molecule has 120 valence electrons. The first-order chi connectivity index (χ1) is 11.7. The third-order valence-electron chi connectivity index (χ3n) is 4.53. The van der Waals surface area contributed by atoms with E-state index in [-0.39, 0.29) is 5.92 Å². The zero-order valence-electron chi connectivity index (χ0n) is 12.9. The fourth-order valence-electron chi connectivity index (χ4n) is 3.29. The molecule has 6 heteroatoms. The Kier molecular flexibility index (Phi) is 3.57. The van der Waals surface area contributed by atoms with E-state index in [0.717, 1.165) is 22.4 Å². The molecule has 2 aromatic heterocycles. The fraction of sp³-hybridized carbons (Fsp3) is 0.222. The van der Waals surface area contributed by atoms with Gasteiger partial charge in [0.15, 0.2) is 0 Å². The van der Waals surface area contributed by atoms with E-state index in [1.54, 1.807) is 18.6 Å². The zero-order chi connectivity index (χ0) is 16.5. The molecule has 1 aromatic carbocycles. The van der Waals surface area contributed by atoms with Crippen LogP contribution in [0.2, 0.25) is 0 Å². The number of carboxylic acids is 1. The highest BCUT2D eigenvalue weighted by Crippen LogP contribution is 2.34. The lowest BCUT2D eigenvalue weighted by molar-refractivity contribution is -0.141. The molecule has 24 heavy (non-hydrogen) atoms. The number of hydrogen-bond donors (Lipinski definition) is 1. The molecule has 1 fully saturated rings. The van der Waals surface area contributed by atoms with Gasteiger partial charge in [0.05, 0.1) is 23.1 Å². The third kappa shape index (κ3) is 2.56. The van der Waals surface area contributed by atoms with E-state index in [4.69, 9.17) is 0 Å². The summed E-state index contributed by atoms with van der Waals surface area (Å²) in [4.78, 5) is 26.8. The average Bonchev–Trinajstić information content (AvgIpc) is 3.08. The number of fused-ring (bicyclic) bond motifs is 1. The molecule has 0 aliphatic carbocycles. The van der Waals surface area contributed by atoms with Crippen molar-refractivity contribution in [3.05, 3.63) is 60.6 Å². The fourth-order valence-corrected chi connectivity index (χ4v) is 3.29. The normalized spacial score (nSPS) is 20.4. The summed E-state index contributed by atoms with van der Waals surface area (Å²) < 4.78 is 0. The molecular weight excluding hydrogens is 304 g/mol. The van der Waals surface area contributed by atoms with Crippen molar-refractivity contribution in [2.75, 3.05) is 18.0 Å². The maximum atomic E-state index is 11.7. The van der Waals surface area contributed by atoms with Crippen molar-refractivity contribution in [1.82, 2.24) is 15.0 Å². The molecule has 3 heterocycles. The number of carboxylic acid groups (broad SMARTS) is 1. The van der Waals surface area contributed by atoms with Gasteiger partial charge >= 0.3 is 5.97 Å². The second-order valence-electron chi connectivity index (χ2n) is 5.95. The number of para-hydroxylation sites is 2. The largest absolute Gasteiger partial charge is 0.481 e. The lowest BCUT2D eigenvalue weighted by Crippen LogP contribution is -2.23. The summed E-state index contributed by atoms with van der Waals surface area (Å²) in [6, 6.07) is 11.4. The van der Waals surface area contributed by atoms with Crippen LogP contribution in [0.1, 0.15) is 11.5 Å². The molecule has 0 radical (unpaired) electrons. The minimum atomic E-state index is -0.784. The van der Waals surface area contributed by atoms with Crippen LogP contribution in [0.3, 0.4) is 0 Å². The monoisotopic (exact) mass is 320 g/mol. The minimum Gasteiger partial charge on any atom is -0.481 e. The molecule has 1 N–H and O–H groups in total. The highest BCUT2D eigenvalue weighted by Gasteiger charge is 2.39. The van der Waals surface area contributed by atoms with Crippen molar-refractivity contribution in [2.45, 2.75) is 5.92 Å². The lowest BCUT2D eigenvalue weighted by atomic mass is 9.90. The molecular formula is C18H16N4O2. The van der Waals surface area contributed by atoms with Crippen LogP contribution in [-0.2, 0) is 4.79 Å². The van der Waals surface area contributed by atoms with Crippen LogP contribution in [0.15, 0.2) is 55.0 Å². The zero-order valence-corrected chi connectivity index (χ0v) is 12.9. The predicted molar refractivity (Wildman–Crippen MR) is 89.9 cm³/mol. The molecule has 0 bridgehead atoms. The van der Waals surface area contributed by atoms with E-state index in [9.17, 15) is 9.90 Å². The standard InChI is InChI=1S/C18H16N4O2/c23-18(24)14-11-22(10-13(14)12-5-7-19-8-6-12)17-9-20-15-3-1-2-4-16(15)21-17/h1-9,13-14H,10-11H2,(H,23,24)/t13-,14+/m0/s1. The van der Waals surface area contributed by atoms with E-state index < -0.39 is 11.9 Å². The highest BCUT2D eigenvalue weighted by molar-refractivity contribution is 5.76. The highest BCUT2D eigenvalue weighted by atomic mass is 16.4. The number of aromatic nitrogens is 3. The Hall–Kier alpha value is -3.02. The number of benzene rings is 1. The van der Waals surface area contributed by atoms with Gasteiger partial charge in [0.1, 0.15) is 5.82 Å². The maximum Gasteiger partial charge on any atom is 0.308 e. The minimum absolute atomic E-state index is 0.0845. The van der Waals surface area contributed by atoms with Gasteiger partial charge in [-0.25, -0.2) is 4.98 Å². The summed E-state index contributed by atoms with van der Waals surface area (Å²) in [5.41, 5.74) is 2.64. The second kappa shape index (κ2) is 5.88. The summed E-state index contributed by atoms with van der Waals surface area (Å²) in [5, 5.41) is 9.60. The van der Waals surface area contributed by atoms with Crippen molar-refractivity contribution in [3.63, 3.8) is 0 Å². The first-order valence-electron chi connectivity index (χ1n) is 7.82. The van der Waals surface area contributed by atoms with Crippen LogP contribution < -0.4 is 4.90 Å². The van der Waals surface area contributed by atoms with Gasteiger partial charge in [-0.05, 0) is 29.8 Å². The number of aliphatic carboxylic acids is 1. The van der Waals surface area contributed by atoms with Crippen molar-refractivity contribution >= 4 is 22.8 Å². The van der Waals surface area contributed by atoms with E-state index >= 15 is 0 Å². The third-order valence-corrected chi connectivity index (χ3v) is 4.53. The predicted octanol–water partition coefficient (Wildman–Crippen LogP) is 2.33. The van der Waals surface area contributed by atoms with Crippen LogP contribution >= 0.6 is 0 Å². The van der Waals surface area contributed by atoms with Crippen molar-refractivity contribution in [3.8, 4) is 0 Å². The lowest BCUT2D eigenvalue weighted by Gasteiger charge is -2.17. The molecule has 3 aromatic rings. The van der Waals surface area contributed by atoms with Gasteiger partial charge in [-0.3, -0.25) is 14.8 Å². The molecule has 0 amide bonds. The first kappa shape index (κ1) is 14.6. The molecule has 1 aliphatic rings. The van der Waals surface area contributed by atoms with Gasteiger partial charge in [-0.15, -0.1) is 0 Å². The topological polar surface area (TPSA) is 79.2 Å². The van der Waals surface area contributed by atoms with Gasteiger partial charge in [0.25, 0.3) is 0 Å². The first-order valence-corrected chi connectivity index (χ1v) is 7.82. The molecule has 1 aliphatic heterocycles. The number of rotatable bonds is 3. The average molecular weight is 320 g/mol. The Morgan fingerprint density at radius 3 is 2.58 bits per heavy atom. The van der Waals surface area contributed by atoms with Crippen LogP contribution in [0, 0.1) is 5.92 Å². The second-order valence-corrected chi connectivity index (χ2v) is 5.95. The van der Waals surface area contributed by atoms with Crippen LogP contribution in [0.4, 0.5) is 5.82 Å². The summed E-state index contributed by atoms with van der Waals surface area (Å²) in [5.74, 6) is -0.621. The van der Waals surface area contributed by atoms with Gasteiger partial charge in [-0.1, -0.05) is 12.1 Å². The Labute approximate surface area is 138 Å². The SMILES string of the molecule is O=C(O)[C@@H]1CN(c2cnc3ccccc3n2)C[C@H]1c1ccncc1. The summed E-state index contributed by atoms with van der Waals surface area (Å²) in [6.07, 6.45) is 5.12. The van der Waals surface area contributed by atoms with E-state index in [1.807, 2.05) is 41.3 Å². The molecule has 0 saturated carbocycles. The number of hydrogen-bond acceptors (Lipinski definition) is 5. The number of nitrogens with zero attached hydrogens (tertiary/aromatic N) is 4. The Bertz CT molecular complexity index is 884. The molecule has 2 atom stereocenters. The Balaban J connectivity index is 1.67. The molecule has 4 rings (SSSR count). The van der Waals surface area contributed by atoms with Gasteiger partial charge in [0.2, 0.25) is 0 Å². The van der Waals surface area contributed by atoms with Gasteiger partial charge in [0, 0.05) is 31.4 Å². The van der Waals surface area contributed by atoms with E-state index in [0.29, 0.717) is 13.1 Å². The Morgan fingerprint density at radius 2 is 1.83 bits per heavy atom. The van der Waals surface area contributed by atoms with Gasteiger partial charge in [-0.2, -0.15) is 0 Å². The maximum absolute atomic E-state index is 11.7. The molecule has 0 spiro atoms. The number of pyridine rings is 1. The molecule has 1 saturated heterocycles. The summed E-state index contributed by atoms with van der Waals surface area (Å²) >= 11 is 0. The Morgan fingerprint density at radius 1 is 1.08 bits per heavy atom. The smallest absolute Gasteiger partial charge is 0.308 e. The van der Waals surface area contributed by atoms with E-state index in [2.05, 4.69) is 15.0 Å². The quantitative estimate of drug-likeness (QED) is 0.798. The van der Waals surface area contributed by atoms with Crippen molar-refractivity contribution in [1.29, 1.82) is 0 Å².